The second-order valence-corrected chi connectivity index (χ2v) is 2.45. The normalized spacial score (nSPS) is 11.5. The predicted octanol–water partition coefficient (Wildman–Crippen LogP) is 0.307. The Labute approximate surface area is 74.7 Å². The maximum Gasteiger partial charge on any atom is 0.325 e. The molecule has 0 fully saturated rings. The van der Waals surface area contributed by atoms with Crippen LogP contribution in [0.5, 0.6) is 0 Å². The Morgan fingerprint density at radius 3 is 1.77 bits per heavy atom. The Kier molecular flexibility index (Phi) is 3.84. The SMILES string of the molecule is CC=C(C)C(=O)C(C(=O)O)C(=O)O. The number of aliphatic carboxylic acids is 2. The molecule has 0 heterocycles. The van der Waals surface area contributed by atoms with E-state index in [9.17, 15) is 14.4 Å². The predicted molar refractivity (Wildman–Crippen MR) is 43.2 cm³/mol. The first-order valence-electron chi connectivity index (χ1n) is 3.54. The lowest BCUT2D eigenvalue weighted by Crippen LogP contribution is -2.32. The van der Waals surface area contributed by atoms with Gasteiger partial charge < -0.3 is 10.2 Å². The minimum atomic E-state index is -1.99. The molecule has 0 unspecified atom stereocenters. The van der Waals surface area contributed by atoms with Crippen molar-refractivity contribution in [1.29, 1.82) is 0 Å². The summed E-state index contributed by atoms with van der Waals surface area (Å²) in [6.45, 7) is 2.91. The van der Waals surface area contributed by atoms with Gasteiger partial charge in [-0.3, -0.25) is 14.4 Å². The van der Waals surface area contributed by atoms with Crippen molar-refractivity contribution in [3.63, 3.8) is 0 Å². The topological polar surface area (TPSA) is 91.7 Å². The van der Waals surface area contributed by atoms with Crippen LogP contribution < -0.4 is 0 Å². The van der Waals surface area contributed by atoms with Gasteiger partial charge in [-0.05, 0) is 19.4 Å². The minimum absolute atomic E-state index is 0.134. The molecule has 0 amide bonds. The zero-order valence-electron chi connectivity index (χ0n) is 7.27. The van der Waals surface area contributed by atoms with Crippen molar-refractivity contribution in [1.82, 2.24) is 0 Å². The number of allylic oxidation sites excluding steroid dienone is 2. The summed E-state index contributed by atoms with van der Waals surface area (Å²) in [5.41, 5.74) is 0.134. The van der Waals surface area contributed by atoms with Crippen LogP contribution in [0, 0.1) is 5.92 Å². The highest BCUT2D eigenvalue weighted by atomic mass is 16.4. The molecule has 0 aliphatic rings. The number of carboxylic acids is 2. The van der Waals surface area contributed by atoms with E-state index in [2.05, 4.69) is 0 Å². The number of hydrogen-bond donors (Lipinski definition) is 2. The van der Waals surface area contributed by atoms with Crippen LogP contribution in [0.25, 0.3) is 0 Å². The second kappa shape index (κ2) is 4.39. The molecule has 0 radical (unpaired) electrons. The molecule has 0 aliphatic heterocycles. The number of ketones is 1. The number of hydrogen-bond acceptors (Lipinski definition) is 3. The first-order chi connectivity index (χ1) is 5.91. The Bertz CT molecular complexity index is 262. The first kappa shape index (κ1) is 11.4. The third kappa shape index (κ3) is 2.70. The summed E-state index contributed by atoms with van der Waals surface area (Å²) in [6.07, 6.45) is 1.38. The lowest BCUT2D eigenvalue weighted by Gasteiger charge is -2.05. The van der Waals surface area contributed by atoms with E-state index in [0.29, 0.717) is 0 Å². The molecule has 0 bridgehead atoms. The van der Waals surface area contributed by atoms with Crippen molar-refractivity contribution in [3.8, 4) is 0 Å². The van der Waals surface area contributed by atoms with Gasteiger partial charge in [0.15, 0.2) is 5.78 Å². The van der Waals surface area contributed by atoms with Crippen LogP contribution in [0.3, 0.4) is 0 Å². The van der Waals surface area contributed by atoms with Gasteiger partial charge >= 0.3 is 11.9 Å². The Morgan fingerprint density at radius 2 is 1.54 bits per heavy atom. The highest BCUT2D eigenvalue weighted by Gasteiger charge is 2.33. The van der Waals surface area contributed by atoms with Gasteiger partial charge in [0, 0.05) is 0 Å². The van der Waals surface area contributed by atoms with Crippen molar-refractivity contribution in [2.45, 2.75) is 13.8 Å². The second-order valence-electron chi connectivity index (χ2n) is 2.45. The van der Waals surface area contributed by atoms with Gasteiger partial charge in [0.05, 0.1) is 0 Å². The molecule has 2 N–H and O–H groups in total. The van der Waals surface area contributed by atoms with Crippen molar-refractivity contribution < 1.29 is 24.6 Å². The first-order valence-corrected chi connectivity index (χ1v) is 3.54. The largest absolute Gasteiger partial charge is 0.480 e. The van der Waals surface area contributed by atoms with Crippen LogP contribution in [-0.2, 0) is 14.4 Å². The highest BCUT2D eigenvalue weighted by molar-refractivity contribution is 6.19. The molecule has 0 aromatic carbocycles. The van der Waals surface area contributed by atoms with E-state index < -0.39 is 23.6 Å². The standard InChI is InChI=1S/C8H10O5/c1-3-4(2)6(9)5(7(10)11)8(12)13/h3,5H,1-2H3,(H,10,11)(H,12,13). The maximum absolute atomic E-state index is 11.1. The van der Waals surface area contributed by atoms with Gasteiger partial charge in [0.25, 0.3) is 0 Å². The van der Waals surface area contributed by atoms with Gasteiger partial charge in [-0.25, -0.2) is 0 Å². The number of Topliss-reactive ketones (excluding diaryl/α,β-unsaturated/α-hetero) is 1. The maximum atomic E-state index is 11.1. The molecule has 0 spiro atoms. The summed E-state index contributed by atoms with van der Waals surface area (Å²) in [6, 6.07) is 0. The average molecular weight is 186 g/mol. The van der Waals surface area contributed by atoms with Crippen LogP contribution in [0.1, 0.15) is 13.8 Å². The average Bonchev–Trinajstić information content (AvgIpc) is 2.01. The fourth-order valence-corrected chi connectivity index (χ4v) is 0.700. The summed E-state index contributed by atoms with van der Waals surface area (Å²) in [4.78, 5) is 31.9. The molecule has 5 nitrogen and oxygen atoms in total. The fourth-order valence-electron chi connectivity index (χ4n) is 0.700. The molecular formula is C8H10O5. The van der Waals surface area contributed by atoms with Gasteiger partial charge in [-0.1, -0.05) is 6.08 Å². The van der Waals surface area contributed by atoms with Gasteiger partial charge in [-0.2, -0.15) is 0 Å². The number of carbonyl (C=O) groups is 3. The number of carbonyl (C=O) groups excluding carboxylic acids is 1. The third-order valence-corrected chi connectivity index (χ3v) is 1.58. The Hall–Kier alpha value is -1.65. The lowest BCUT2D eigenvalue weighted by molar-refractivity contribution is -0.156. The van der Waals surface area contributed by atoms with Crippen LogP contribution in [0.2, 0.25) is 0 Å². The molecule has 0 aromatic rings. The molecule has 72 valence electrons. The minimum Gasteiger partial charge on any atom is -0.480 e. The molecule has 0 aliphatic carbocycles. The smallest absolute Gasteiger partial charge is 0.325 e. The van der Waals surface area contributed by atoms with Gasteiger partial charge in [0.2, 0.25) is 5.92 Å². The molecular weight excluding hydrogens is 176 g/mol. The molecule has 0 atom stereocenters. The third-order valence-electron chi connectivity index (χ3n) is 1.58. The summed E-state index contributed by atoms with van der Waals surface area (Å²) < 4.78 is 0. The van der Waals surface area contributed by atoms with E-state index in [1.165, 1.54) is 19.9 Å². The van der Waals surface area contributed by atoms with Crippen molar-refractivity contribution in [2.75, 3.05) is 0 Å². The van der Waals surface area contributed by atoms with E-state index in [4.69, 9.17) is 10.2 Å². The molecule has 0 aromatic heterocycles. The van der Waals surface area contributed by atoms with Gasteiger partial charge in [-0.15, -0.1) is 0 Å². The van der Waals surface area contributed by atoms with E-state index in [0.717, 1.165) is 0 Å². The Morgan fingerprint density at radius 1 is 1.15 bits per heavy atom. The number of carboxylic acid groups (broad SMARTS) is 2. The molecule has 0 saturated heterocycles. The fraction of sp³-hybridized carbons (Fsp3) is 0.375. The Balaban J connectivity index is 4.88. The highest BCUT2D eigenvalue weighted by Crippen LogP contribution is 2.07. The van der Waals surface area contributed by atoms with Crippen molar-refractivity contribution in [2.24, 2.45) is 5.92 Å². The summed E-state index contributed by atoms with van der Waals surface area (Å²) in [7, 11) is 0. The van der Waals surface area contributed by atoms with Gasteiger partial charge in [0.1, 0.15) is 0 Å². The monoisotopic (exact) mass is 186 g/mol. The van der Waals surface area contributed by atoms with E-state index in [1.54, 1.807) is 0 Å². The molecule has 0 saturated carbocycles. The van der Waals surface area contributed by atoms with Crippen LogP contribution >= 0.6 is 0 Å². The van der Waals surface area contributed by atoms with E-state index >= 15 is 0 Å². The summed E-state index contributed by atoms with van der Waals surface area (Å²) in [5, 5.41) is 16.9. The quantitative estimate of drug-likeness (QED) is 0.486. The molecule has 13 heavy (non-hydrogen) atoms. The number of rotatable bonds is 4. The zero-order valence-corrected chi connectivity index (χ0v) is 7.27. The zero-order chi connectivity index (χ0) is 10.6. The van der Waals surface area contributed by atoms with Crippen LogP contribution in [0.15, 0.2) is 11.6 Å². The van der Waals surface area contributed by atoms with Crippen LogP contribution in [0.4, 0.5) is 0 Å². The van der Waals surface area contributed by atoms with Crippen LogP contribution in [-0.4, -0.2) is 27.9 Å². The summed E-state index contributed by atoms with van der Waals surface area (Å²) >= 11 is 0. The van der Waals surface area contributed by atoms with Crippen molar-refractivity contribution >= 4 is 17.7 Å². The van der Waals surface area contributed by atoms with E-state index in [1.807, 2.05) is 0 Å². The van der Waals surface area contributed by atoms with E-state index in [-0.39, 0.29) is 5.57 Å². The lowest BCUT2D eigenvalue weighted by atomic mass is 9.99. The van der Waals surface area contributed by atoms with Crippen molar-refractivity contribution in [3.05, 3.63) is 11.6 Å². The molecule has 0 rings (SSSR count). The molecule has 5 heteroatoms. The summed E-state index contributed by atoms with van der Waals surface area (Å²) in [5.74, 6) is -6.16.